The van der Waals surface area contributed by atoms with Crippen molar-refractivity contribution < 1.29 is 18.1 Å². The zero-order valence-corrected chi connectivity index (χ0v) is 6.63. The molecule has 0 fully saturated rings. The Morgan fingerprint density at radius 2 is 1.90 bits per heavy atom. The van der Waals surface area contributed by atoms with Crippen molar-refractivity contribution in [2.24, 2.45) is 0 Å². The Morgan fingerprint density at radius 1 is 1.60 bits per heavy atom. The van der Waals surface area contributed by atoms with Crippen LogP contribution in [-0.4, -0.2) is 30.4 Å². The minimum atomic E-state index is -3.79. The summed E-state index contributed by atoms with van der Waals surface area (Å²) in [5.74, 6) is -0.368. The van der Waals surface area contributed by atoms with Gasteiger partial charge in [-0.2, -0.15) is 8.42 Å². The number of hydrogen-bond acceptors (Lipinski definition) is 3. The van der Waals surface area contributed by atoms with Gasteiger partial charge < -0.3 is 5.11 Å². The van der Waals surface area contributed by atoms with Crippen LogP contribution in [0.1, 0.15) is 6.92 Å². The Balaban J connectivity index is 0. The van der Waals surface area contributed by atoms with Crippen molar-refractivity contribution in [3.05, 3.63) is 12.7 Å². The van der Waals surface area contributed by atoms with Crippen LogP contribution in [0.4, 0.5) is 0 Å². The van der Waals surface area contributed by atoms with Gasteiger partial charge in [-0.1, -0.05) is 6.08 Å². The smallest absolute Gasteiger partial charge is 0.268 e. The van der Waals surface area contributed by atoms with Gasteiger partial charge in [0, 0.05) is 6.61 Å². The SMILES string of the molecule is C=CCS(=O)(=O)O.CCO. The summed E-state index contributed by atoms with van der Waals surface area (Å²) in [5, 5.41) is 7.57. The van der Waals surface area contributed by atoms with Crippen molar-refractivity contribution in [1.82, 2.24) is 0 Å². The predicted octanol–water partition coefficient (Wildman–Crippen LogP) is 0.0588. The monoisotopic (exact) mass is 168 g/mol. The van der Waals surface area contributed by atoms with Gasteiger partial charge in [-0.25, -0.2) is 0 Å². The molecule has 4 nitrogen and oxygen atoms in total. The highest BCUT2D eigenvalue weighted by Gasteiger charge is 1.95. The second-order valence-electron chi connectivity index (χ2n) is 1.35. The van der Waals surface area contributed by atoms with Crippen LogP contribution in [0.15, 0.2) is 12.7 Å². The van der Waals surface area contributed by atoms with E-state index in [-0.39, 0.29) is 12.4 Å². The fourth-order valence-electron chi connectivity index (χ4n) is 0.149. The highest BCUT2D eigenvalue weighted by atomic mass is 32.2. The third-order valence-electron chi connectivity index (χ3n) is 0.328. The van der Waals surface area contributed by atoms with E-state index in [1.165, 1.54) is 0 Å². The third-order valence-corrected chi connectivity index (χ3v) is 0.985. The van der Waals surface area contributed by atoms with Crippen molar-refractivity contribution >= 4 is 10.1 Å². The van der Waals surface area contributed by atoms with Crippen LogP contribution in [0.25, 0.3) is 0 Å². The van der Waals surface area contributed by atoms with Gasteiger partial charge in [0.15, 0.2) is 0 Å². The minimum Gasteiger partial charge on any atom is -0.397 e. The van der Waals surface area contributed by atoms with Gasteiger partial charge in [0.2, 0.25) is 0 Å². The van der Waals surface area contributed by atoms with Crippen molar-refractivity contribution in [3.63, 3.8) is 0 Å². The Hall–Kier alpha value is -0.390. The highest BCUT2D eigenvalue weighted by molar-refractivity contribution is 7.85. The molecule has 0 unspecified atom stereocenters. The first-order valence-corrected chi connectivity index (χ1v) is 4.25. The average molecular weight is 168 g/mol. The number of aliphatic hydroxyl groups is 1. The second kappa shape index (κ2) is 6.73. The number of hydrogen-bond donors (Lipinski definition) is 2. The fourth-order valence-corrected chi connectivity index (χ4v) is 0.447. The molecule has 0 saturated carbocycles. The third kappa shape index (κ3) is 25.5. The van der Waals surface area contributed by atoms with Gasteiger partial charge in [-0.15, -0.1) is 6.58 Å². The molecular formula is C5H12O4S. The predicted molar refractivity (Wildman–Crippen MR) is 39.4 cm³/mol. The van der Waals surface area contributed by atoms with Crippen LogP contribution in [0.3, 0.4) is 0 Å². The van der Waals surface area contributed by atoms with E-state index in [1.807, 2.05) is 0 Å². The molecule has 0 bridgehead atoms. The highest BCUT2D eigenvalue weighted by Crippen LogP contribution is 1.78. The maximum absolute atomic E-state index is 9.72. The second-order valence-corrected chi connectivity index (χ2v) is 2.85. The molecule has 0 amide bonds. The van der Waals surface area contributed by atoms with Crippen molar-refractivity contribution in [2.75, 3.05) is 12.4 Å². The quantitative estimate of drug-likeness (QED) is 0.451. The minimum absolute atomic E-state index is 0.250. The first-order chi connectivity index (χ1) is 4.47. The lowest BCUT2D eigenvalue weighted by atomic mass is 10.8. The Bertz CT molecular complexity index is 158. The molecule has 0 spiro atoms. The summed E-state index contributed by atoms with van der Waals surface area (Å²) in [4.78, 5) is 0. The van der Waals surface area contributed by atoms with E-state index < -0.39 is 10.1 Å². The van der Waals surface area contributed by atoms with Crippen molar-refractivity contribution in [3.8, 4) is 0 Å². The molecule has 0 atom stereocenters. The lowest BCUT2D eigenvalue weighted by Gasteiger charge is -1.82. The van der Waals surface area contributed by atoms with Crippen LogP contribution in [0, 0.1) is 0 Å². The van der Waals surface area contributed by atoms with E-state index in [0.717, 1.165) is 6.08 Å². The van der Waals surface area contributed by atoms with E-state index in [9.17, 15) is 8.42 Å². The zero-order valence-electron chi connectivity index (χ0n) is 5.82. The maximum Gasteiger partial charge on any atom is 0.268 e. The molecule has 0 aliphatic rings. The van der Waals surface area contributed by atoms with Crippen molar-refractivity contribution in [1.29, 1.82) is 0 Å². The Labute approximate surface area is 60.9 Å². The van der Waals surface area contributed by atoms with E-state index in [0.29, 0.717) is 0 Å². The normalized spacial score (nSPS) is 9.50. The number of aliphatic hydroxyl groups excluding tert-OH is 1. The molecule has 0 aromatic rings. The average Bonchev–Trinajstić information content (AvgIpc) is 1.63. The summed E-state index contributed by atoms with van der Waals surface area (Å²) >= 11 is 0. The molecule has 2 N–H and O–H groups in total. The summed E-state index contributed by atoms with van der Waals surface area (Å²) in [7, 11) is -3.79. The molecule has 5 heteroatoms. The lowest BCUT2D eigenvalue weighted by molar-refractivity contribution is 0.318. The van der Waals surface area contributed by atoms with Crippen LogP contribution < -0.4 is 0 Å². The lowest BCUT2D eigenvalue weighted by Crippen LogP contribution is -1.99. The summed E-state index contributed by atoms with van der Waals surface area (Å²) in [6.45, 7) is 5.04. The van der Waals surface area contributed by atoms with E-state index in [1.54, 1.807) is 6.92 Å². The molecule has 0 aliphatic carbocycles. The molecule has 0 saturated heterocycles. The zero-order chi connectivity index (χ0) is 8.62. The molecule has 62 valence electrons. The van der Waals surface area contributed by atoms with Gasteiger partial charge >= 0.3 is 0 Å². The Morgan fingerprint density at radius 3 is 1.90 bits per heavy atom. The summed E-state index contributed by atoms with van der Waals surface area (Å²) in [5.41, 5.74) is 0. The van der Waals surface area contributed by atoms with Crippen LogP contribution in [-0.2, 0) is 10.1 Å². The molecule has 0 radical (unpaired) electrons. The van der Waals surface area contributed by atoms with Gasteiger partial charge in [0.05, 0.1) is 5.75 Å². The largest absolute Gasteiger partial charge is 0.397 e. The maximum atomic E-state index is 9.72. The topological polar surface area (TPSA) is 74.6 Å². The van der Waals surface area contributed by atoms with Gasteiger partial charge in [-0.05, 0) is 6.92 Å². The molecule has 0 rings (SSSR count). The van der Waals surface area contributed by atoms with Crippen LogP contribution in [0.5, 0.6) is 0 Å². The van der Waals surface area contributed by atoms with Gasteiger partial charge in [-0.3, -0.25) is 4.55 Å². The van der Waals surface area contributed by atoms with Crippen molar-refractivity contribution in [2.45, 2.75) is 6.92 Å². The molecule has 0 heterocycles. The van der Waals surface area contributed by atoms with Crippen LogP contribution >= 0.6 is 0 Å². The van der Waals surface area contributed by atoms with E-state index >= 15 is 0 Å². The fraction of sp³-hybridized carbons (Fsp3) is 0.600. The number of rotatable bonds is 2. The molecule has 0 aromatic heterocycles. The summed E-state index contributed by atoms with van der Waals surface area (Å²) in [6.07, 6.45) is 1.12. The van der Waals surface area contributed by atoms with E-state index in [4.69, 9.17) is 9.66 Å². The Kier molecular flexibility index (Phi) is 8.27. The first-order valence-electron chi connectivity index (χ1n) is 2.64. The first kappa shape index (κ1) is 12.3. The summed E-state index contributed by atoms with van der Waals surface area (Å²) < 4.78 is 27.3. The summed E-state index contributed by atoms with van der Waals surface area (Å²) in [6, 6.07) is 0. The molecule has 10 heavy (non-hydrogen) atoms. The molecule has 0 aromatic carbocycles. The van der Waals surface area contributed by atoms with Gasteiger partial charge in [0.25, 0.3) is 10.1 Å². The van der Waals surface area contributed by atoms with E-state index in [2.05, 4.69) is 6.58 Å². The molecular weight excluding hydrogens is 156 g/mol. The molecule has 0 aliphatic heterocycles. The van der Waals surface area contributed by atoms with Crippen LogP contribution in [0.2, 0.25) is 0 Å². The standard InChI is InChI=1S/C3H6O3S.C2H6O/c1-2-3-7(4,5)6;1-2-3/h2H,1,3H2,(H,4,5,6);3H,2H2,1H3. The van der Waals surface area contributed by atoms with Gasteiger partial charge in [0.1, 0.15) is 0 Å².